The number of benzene rings is 1. The van der Waals surface area contributed by atoms with Gasteiger partial charge >= 0.3 is 5.97 Å². The molecule has 0 aliphatic heterocycles. The van der Waals surface area contributed by atoms with Gasteiger partial charge in [0, 0.05) is 12.3 Å². The van der Waals surface area contributed by atoms with Crippen LogP contribution in [0.15, 0.2) is 42.0 Å². The molecule has 4 aliphatic rings. The minimum Gasteiger partial charge on any atom is -0.458 e. The molecule has 5 unspecified atom stereocenters. The van der Waals surface area contributed by atoms with Gasteiger partial charge in [-0.05, 0) is 104 Å². The van der Waals surface area contributed by atoms with Crippen LogP contribution in [-0.2, 0) is 9.53 Å². The van der Waals surface area contributed by atoms with Crippen LogP contribution in [0, 0.1) is 52.3 Å². The van der Waals surface area contributed by atoms with Crippen molar-refractivity contribution in [3.8, 4) is 0 Å². The van der Waals surface area contributed by atoms with Crippen LogP contribution in [0.25, 0.3) is 0 Å². The maximum absolute atomic E-state index is 13.3. The fourth-order valence-corrected chi connectivity index (χ4v) is 9.96. The summed E-state index contributed by atoms with van der Waals surface area (Å²) in [6.07, 6.45) is 14.2. The monoisotopic (exact) mass is 532 g/mol. The third kappa shape index (κ3) is 5.29. The third-order valence-electron chi connectivity index (χ3n) is 12.1. The molecule has 1 aromatic rings. The Kier molecular flexibility index (Phi) is 8.20. The zero-order valence-electron chi connectivity index (χ0n) is 25.4. The van der Waals surface area contributed by atoms with Gasteiger partial charge in [0.25, 0.3) is 0 Å². The van der Waals surface area contributed by atoms with Gasteiger partial charge < -0.3 is 4.74 Å². The van der Waals surface area contributed by atoms with E-state index >= 15 is 0 Å². The number of allylic oxidation sites excluding steroid dienone is 1. The van der Waals surface area contributed by atoms with Gasteiger partial charge in [0.2, 0.25) is 0 Å². The van der Waals surface area contributed by atoms with Crippen molar-refractivity contribution in [1.82, 2.24) is 0 Å². The van der Waals surface area contributed by atoms with Gasteiger partial charge in [-0.1, -0.05) is 83.7 Å². The molecule has 3 fully saturated rings. The van der Waals surface area contributed by atoms with E-state index in [0.717, 1.165) is 37.0 Å². The molecule has 0 radical (unpaired) electrons. The SMILES string of the molecule is CC(=O)C1C=C2CC(OC(=O)c3ccccc3)CC[C@]2(C)C2CC[C@@]3(C)C(CC[C@@H]3[C@H](C)CCCC(C)C)C12. The summed E-state index contributed by atoms with van der Waals surface area (Å²) in [6, 6.07) is 9.33. The highest BCUT2D eigenvalue weighted by molar-refractivity contribution is 5.89. The van der Waals surface area contributed by atoms with Gasteiger partial charge in [0.05, 0.1) is 5.56 Å². The first-order valence-electron chi connectivity index (χ1n) is 16.0. The third-order valence-corrected chi connectivity index (χ3v) is 12.1. The first-order chi connectivity index (χ1) is 18.5. The summed E-state index contributed by atoms with van der Waals surface area (Å²) in [7, 11) is 0. The zero-order valence-corrected chi connectivity index (χ0v) is 25.4. The molecule has 0 bridgehead atoms. The summed E-state index contributed by atoms with van der Waals surface area (Å²) in [4.78, 5) is 26.1. The Morgan fingerprint density at radius 3 is 2.38 bits per heavy atom. The number of carbonyl (C=O) groups excluding carboxylic acids is 2. The van der Waals surface area contributed by atoms with Crippen molar-refractivity contribution in [1.29, 1.82) is 0 Å². The van der Waals surface area contributed by atoms with E-state index in [2.05, 4.69) is 40.7 Å². The normalized spacial score (nSPS) is 38.3. The molecule has 0 spiro atoms. The van der Waals surface area contributed by atoms with Crippen LogP contribution < -0.4 is 0 Å². The summed E-state index contributed by atoms with van der Waals surface area (Å²) in [5, 5.41) is 0. The Bertz CT molecular complexity index is 1070. The Balaban J connectivity index is 1.35. The molecule has 0 aromatic heterocycles. The number of ketones is 1. The van der Waals surface area contributed by atoms with E-state index in [-0.39, 0.29) is 23.4 Å². The molecule has 5 rings (SSSR count). The van der Waals surface area contributed by atoms with Crippen molar-refractivity contribution >= 4 is 11.8 Å². The standard InChI is InChI=1S/C36H52O3/c1-23(2)11-10-12-24(3)30-15-16-31-33-29(25(4)37)22-27-21-28(39-34(38)26-13-8-7-9-14-26)17-19-35(27,5)32(33)18-20-36(30,31)6/h7-9,13-14,22-24,28-33H,10-12,15-21H2,1-6H3/t24-,28?,29?,30-,31?,32?,33?,35+,36-/m1/s1. The van der Waals surface area contributed by atoms with Gasteiger partial charge in [0.1, 0.15) is 11.9 Å². The number of rotatable bonds is 8. The zero-order chi connectivity index (χ0) is 27.9. The van der Waals surface area contributed by atoms with Crippen LogP contribution in [-0.4, -0.2) is 17.9 Å². The van der Waals surface area contributed by atoms with Crippen LogP contribution in [0.4, 0.5) is 0 Å². The predicted octanol–water partition coefficient (Wildman–Crippen LogP) is 9.07. The molecule has 0 amide bonds. The molecule has 9 atom stereocenters. The maximum atomic E-state index is 13.3. The number of esters is 1. The molecule has 0 N–H and O–H groups in total. The van der Waals surface area contributed by atoms with E-state index in [9.17, 15) is 9.59 Å². The van der Waals surface area contributed by atoms with Gasteiger partial charge in [0.15, 0.2) is 0 Å². The van der Waals surface area contributed by atoms with Crippen LogP contribution in [0.2, 0.25) is 0 Å². The second-order valence-electron chi connectivity index (χ2n) is 14.7. The van der Waals surface area contributed by atoms with E-state index in [1.165, 1.54) is 50.5 Å². The largest absolute Gasteiger partial charge is 0.458 e. The van der Waals surface area contributed by atoms with Crippen molar-refractivity contribution in [3.63, 3.8) is 0 Å². The van der Waals surface area contributed by atoms with Gasteiger partial charge in [-0.25, -0.2) is 4.79 Å². The van der Waals surface area contributed by atoms with Crippen molar-refractivity contribution in [3.05, 3.63) is 47.5 Å². The second-order valence-corrected chi connectivity index (χ2v) is 14.7. The van der Waals surface area contributed by atoms with Crippen molar-refractivity contribution in [2.75, 3.05) is 0 Å². The van der Waals surface area contributed by atoms with Crippen molar-refractivity contribution in [2.24, 2.45) is 52.3 Å². The van der Waals surface area contributed by atoms with Crippen LogP contribution in [0.1, 0.15) is 116 Å². The number of Topliss-reactive ketones (excluding diaryl/α,β-unsaturated/α-hetero) is 1. The van der Waals surface area contributed by atoms with Crippen LogP contribution >= 0.6 is 0 Å². The van der Waals surface area contributed by atoms with E-state index in [1.54, 1.807) is 0 Å². The van der Waals surface area contributed by atoms with E-state index in [4.69, 9.17) is 4.74 Å². The smallest absolute Gasteiger partial charge is 0.338 e. The molecule has 214 valence electrons. The highest BCUT2D eigenvalue weighted by Crippen LogP contribution is 2.68. The molecule has 0 saturated heterocycles. The summed E-state index contributed by atoms with van der Waals surface area (Å²) in [5.41, 5.74) is 2.48. The molecule has 39 heavy (non-hydrogen) atoms. The van der Waals surface area contributed by atoms with E-state index in [1.807, 2.05) is 37.3 Å². The summed E-state index contributed by atoms with van der Waals surface area (Å²) >= 11 is 0. The molecule has 3 nitrogen and oxygen atoms in total. The predicted molar refractivity (Wildman–Crippen MR) is 158 cm³/mol. The van der Waals surface area contributed by atoms with Crippen LogP contribution in [0.5, 0.6) is 0 Å². The second kappa shape index (κ2) is 11.2. The van der Waals surface area contributed by atoms with Crippen LogP contribution in [0.3, 0.4) is 0 Å². The number of hydrogen-bond donors (Lipinski definition) is 0. The van der Waals surface area contributed by atoms with E-state index < -0.39 is 0 Å². The number of fused-ring (bicyclic) bond motifs is 5. The lowest BCUT2D eigenvalue weighted by Gasteiger charge is -2.60. The lowest BCUT2D eigenvalue weighted by atomic mass is 9.44. The van der Waals surface area contributed by atoms with Gasteiger partial charge in [-0.3, -0.25) is 4.79 Å². The molecule has 1 aromatic carbocycles. The summed E-state index contributed by atoms with van der Waals surface area (Å²) in [6.45, 7) is 14.1. The Labute approximate surface area is 237 Å². The molecule has 3 heteroatoms. The van der Waals surface area contributed by atoms with Gasteiger partial charge in [-0.2, -0.15) is 0 Å². The lowest BCUT2D eigenvalue weighted by Crippen LogP contribution is -2.54. The Morgan fingerprint density at radius 1 is 0.949 bits per heavy atom. The minimum atomic E-state index is -0.227. The quantitative estimate of drug-likeness (QED) is 0.248. The average Bonchev–Trinajstić information content (AvgIpc) is 3.26. The maximum Gasteiger partial charge on any atom is 0.338 e. The summed E-state index contributed by atoms with van der Waals surface area (Å²) in [5.74, 6) is 4.14. The van der Waals surface area contributed by atoms with Crippen molar-refractivity contribution in [2.45, 2.75) is 112 Å². The topological polar surface area (TPSA) is 43.4 Å². The molecular formula is C36H52O3. The van der Waals surface area contributed by atoms with E-state index in [0.29, 0.717) is 34.5 Å². The minimum absolute atomic E-state index is 0.0151. The molecule has 4 aliphatic carbocycles. The number of carbonyl (C=O) groups is 2. The lowest BCUT2D eigenvalue weighted by molar-refractivity contribution is -0.130. The Morgan fingerprint density at radius 2 is 1.69 bits per heavy atom. The summed E-state index contributed by atoms with van der Waals surface area (Å²) < 4.78 is 6.01. The average molecular weight is 533 g/mol. The number of ether oxygens (including phenoxy) is 1. The Hall–Kier alpha value is -1.90. The highest BCUT2D eigenvalue weighted by atomic mass is 16.5. The van der Waals surface area contributed by atoms with Gasteiger partial charge in [-0.15, -0.1) is 0 Å². The fraction of sp³-hybridized carbons (Fsp3) is 0.722. The molecular weight excluding hydrogens is 480 g/mol. The first-order valence-corrected chi connectivity index (χ1v) is 16.0. The highest BCUT2D eigenvalue weighted by Gasteiger charge is 2.61. The number of hydrogen-bond acceptors (Lipinski definition) is 3. The molecule has 3 saturated carbocycles. The first kappa shape index (κ1) is 28.6. The van der Waals surface area contributed by atoms with Crippen molar-refractivity contribution < 1.29 is 14.3 Å². The molecule has 0 heterocycles. The fourth-order valence-electron chi connectivity index (χ4n) is 9.96.